The molecule has 0 aliphatic heterocycles. The summed E-state index contributed by atoms with van der Waals surface area (Å²) in [6.45, 7) is 2.46. The molecule has 0 aliphatic rings. The van der Waals surface area contributed by atoms with Gasteiger partial charge in [0.1, 0.15) is 11.6 Å². The van der Waals surface area contributed by atoms with Crippen LogP contribution in [-0.4, -0.2) is 30.9 Å². The van der Waals surface area contributed by atoms with E-state index in [1.807, 2.05) is 23.6 Å². The van der Waals surface area contributed by atoms with E-state index in [0.29, 0.717) is 29.3 Å². The summed E-state index contributed by atoms with van der Waals surface area (Å²) < 4.78 is 31.5. The molecule has 6 heteroatoms. The van der Waals surface area contributed by atoms with Gasteiger partial charge in [-0.15, -0.1) is 0 Å². The van der Waals surface area contributed by atoms with Crippen molar-refractivity contribution in [3.63, 3.8) is 0 Å². The van der Waals surface area contributed by atoms with Crippen LogP contribution in [-0.2, 0) is 6.54 Å². The number of rotatable bonds is 5. The van der Waals surface area contributed by atoms with E-state index in [9.17, 15) is 4.39 Å². The van der Waals surface area contributed by atoms with Crippen LogP contribution in [0.15, 0.2) is 30.3 Å². The summed E-state index contributed by atoms with van der Waals surface area (Å²) in [6, 6.07) is 8.41. The van der Waals surface area contributed by atoms with Crippen LogP contribution in [0, 0.1) is 12.7 Å². The number of aromatic nitrogens is 2. The number of ether oxygens (including phenoxy) is 3. The average molecular weight is 330 g/mol. The predicted molar refractivity (Wildman–Crippen MR) is 89.6 cm³/mol. The number of methoxy groups -OCH3 is 3. The van der Waals surface area contributed by atoms with E-state index in [4.69, 9.17) is 14.2 Å². The number of imidazole rings is 1. The molecular formula is C18H19FN2O3. The van der Waals surface area contributed by atoms with E-state index in [1.54, 1.807) is 27.4 Å². The van der Waals surface area contributed by atoms with Gasteiger partial charge in [-0.2, -0.15) is 0 Å². The zero-order valence-corrected chi connectivity index (χ0v) is 14.1. The standard InChI is InChI=1S/C18H19FN2O3/c1-11-20-14-9-13(19)5-6-15(14)21(11)10-12-7-16(22-2)18(24-4)17(8-12)23-3/h5-9H,10H2,1-4H3. The average Bonchev–Trinajstić information content (AvgIpc) is 2.88. The lowest BCUT2D eigenvalue weighted by atomic mass is 10.1. The smallest absolute Gasteiger partial charge is 0.203 e. The second-order valence-electron chi connectivity index (χ2n) is 5.41. The Kier molecular flexibility index (Phi) is 4.29. The molecule has 1 heterocycles. The van der Waals surface area contributed by atoms with Gasteiger partial charge in [0.2, 0.25) is 5.75 Å². The van der Waals surface area contributed by atoms with E-state index in [0.717, 1.165) is 16.9 Å². The molecule has 0 spiro atoms. The first-order valence-electron chi connectivity index (χ1n) is 7.48. The molecule has 0 saturated heterocycles. The van der Waals surface area contributed by atoms with E-state index in [1.165, 1.54) is 12.1 Å². The van der Waals surface area contributed by atoms with Crippen molar-refractivity contribution in [2.45, 2.75) is 13.5 Å². The Hall–Kier alpha value is -2.76. The first-order chi connectivity index (χ1) is 11.6. The Balaban J connectivity index is 2.07. The molecule has 2 aromatic carbocycles. The normalized spacial score (nSPS) is 10.9. The number of fused-ring (bicyclic) bond motifs is 1. The van der Waals surface area contributed by atoms with Gasteiger partial charge in [0.15, 0.2) is 11.5 Å². The fraction of sp³-hybridized carbons (Fsp3) is 0.278. The van der Waals surface area contributed by atoms with Gasteiger partial charge in [-0.25, -0.2) is 9.37 Å². The van der Waals surface area contributed by atoms with Crippen molar-refractivity contribution in [2.75, 3.05) is 21.3 Å². The van der Waals surface area contributed by atoms with Crippen LogP contribution in [0.25, 0.3) is 11.0 Å². The third-order valence-electron chi connectivity index (χ3n) is 3.97. The van der Waals surface area contributed by atoms with Crippen LogP contribution in [0.5, 0.6) is 17.2 Å². The van der Waals surface area contributed by atoms with Gasteiger partial charge in [0.05, 0.1) is 32.4 Å². The zero-order valence-electron chi connectivity index (χ0n) is 14.1. The SMILES string of the molecule is COc1cc(Cn2c(C)nc3cc(F)ccc32)cc(OC)c1OC. The topological polar surface area (TPSA) is 45.5 Å². The van der Waals surface area contributed by atoms with Crippen molar-refractivity contribution in [1.29, 1.82) is 0 Å². The Morgan fingerprint density at radius 1 is 1.00 bits per heavy atom. The van der Waals surface area contributed by atoms with Crippen molar-refractivity contribution in [1.82, 2.24) is 9.55 Å². The first kappa shape index (κ1) is 16.1. The lowest BCUT2D eigenvalue weighted by Gasteiger charge is -2.15. The molecule has 3 aromatic rings. The molecule has 1 aromatic heterocycles. The molecule has 0 unspecified atom stereocenters. The minimum Gasteiger partial charge on any atom is -0.493 e. The van der Waals surface area contributed by atoms with Crippen LogP contribution in [0.4, 0.5) is 4.39 Å². The molecule has 5 nitrogen and oxygen atoms in total. The summed E-state index contributed by atoms with van der Waals surface area (Å²) in [5.74, 6) is 2.27. The molecule has 24 heavy (non-hydrogen) atoms. The van der Waals surface area contributed by atoms with Gasteiger partial charge >= 0.3 is 0 Å². The molecule has 0 N–H and O–H groups in total. The Bertz CT molecular complexity index is 864. The first-order valence-corrected chi connectivity index (χ1v) is 7.48. The summed E-state index contributed by atoms with van der Waals surface area (Å²) in [5.41, 5.74) is 2.49. The highest BCUT2D eigenvalue weighted by Gasteiger charge is 2.15. The predicted octanol–water partition coefficient (Wildman–Crippen LogP) is 3.56. The Morgan fingerprint density at radius 2 is 1.67 bits per heavy atom. The highest BCUT2D eigenvalue weighted by Crippen LogP contribution is 2.38. The molecule has 0 fully saturated rings. The number of hydrogen-bond donors (Lipinski definition) is 0. The number of aryl methyl sites for hydroxylation is 1. The number of halogens is 1. The molecule has 0 aliphatic carbocycles. The Morgan fingerprint density at radius 3 is 2.25 bits per heavy atom. The zero-order chi connectivity index (χ0) is 17.3. The molecule has 0 amide bonds. The van der Waals surface area contributed by atoms with E-state index >= 15 is 0 Å². The van der Waals surface area contributed by atoms with Gasteiger partial charge in [0.25, 0.3) is 0 Å². The summed E-state index contributed by atoms with van der Waals surface area (Å²) in [5, 5.41) is 0. The molecule has 0 atom stereocenters. The monoisotopic (exact) mass is 330 g/mol. The van der Waals surface area contributed by atoms with Crippen LogP contribution in [0.2, 0.25) is 0 Å². The molecule has 0 radical (unpaired) electrons. The van der Waals surface area contributed by atoms with Crippen LogP contribution >= 0.6 is 0 Å². The van der Waals surface area contributed by atoms with E-state index < -0.39 is 0 Å². The molecule has 3 rings (SSSR count). The van der Waals surface area contributed by atoms with Crippen LogP contribution in [0.3, 0.4) is 0 Å². The second kappa shape index (κ2) is 6.39. The molecular weight excluding hydrogens is 311 g/mol. The third kappa shape index (κ3) is 2.75. The minimum atomic E-state index is -0.292. The summed E-state index contributed by atoms with van der Waals surface area (Å²) in [6.07, 6.45) is 0. The van der Waals surface area contributed by atoms with Crippen molar-refractivity contribution in [3.05, 3.63) is 47.5 Å². The molecule has 0 bridgehead atoms. The largest absolute Gasteiger partial charge is 0.493 e. The summed E-state index contributed by atoms with van der Waals surface area (Å²) >= 11 is 0. The quantitative estimate of drug-likeness (QED) is 0.717. The summed E-state index contributed by atoms with van der Waals surface area (Å²) in [4.78, 5) is 4.42. The lowest BCUT2D eigenvalue weighted by molar-refractivity contribution is 0.323. The van der Waals surface area contributed by atoms with Crippen LogP contribution in [0.1, 0.15) is 11.4 Å². The fourth-order valence-electron chi connectivity index (χ4n) is 2.83. The number of hydrogen-bond acceptors (Lipinski definition) is 4. The van der Waals surface area contributed by atoms with Gasteiger partial charge in [0, 0.05) is 12.6 Å². The van der Waals surface area contributed by atoms with Gasteiger partial charge in [-0.1, -0.05) is 0 Å². The highest BCUT2D eigenvalue weighted by atomic mass is 19.1. The van der Waals surface area contributed by atoms with Crippen molar-refractivity contribution in [2.24, 2.45) is 0 Å². The lowest BCUT2D eigenvalue weighted by Crippen LogP contribution is -2.04. The van der Waals surface area contributed by atoms with Crippen molar-refractivity contribution < 1.29 is 18.6 Å². The fourth-order valence-corrected chi connectivity index (χ4v) is 2.83. The van der Waals surface area contributed by atoms with Gasteiger partial charge in [-0.05, 0) is 36.8 Å². The summed E-state index contributed by atoms with van der Waals surface area (Å²) in [7, 11) is 4.74. The third-order valence-corrected chi connectivity index (χ3v) is 3.97. The number of benzene rings is 2. The van der Waals surface area contributed by atoms with E-state index in [-0.39, 0.29) is 5.82 Å². The van der Waals surface area contributed by atoms with E-state index in [2.05, 4.69) is 4.98 Å². The minimum absolute atomic E-state index is 0.292. The van der Waals surface area contributed by atoms with Crippen molar-refractivity contribution >= 4 is 11.0 Å². The Labute approximate surface area is 139 Å². The second-order valence-corrected chi connectivity index (χ2v) is 5.41. The maximum absolute atomic E-state index is 13.4. The number of nitrogens with zero attached hydrogens (tertiary/aromatic N) is 2. The molecule has 0 saturated carbocycles. The van der Waals surface area contributed by atoms with Crippen molar-refractivity contribution in [3.8, 4) is 17.2 Å². The van der Waals surface area contributed by atoms with Gasteiger partial charge in [-0.3, -0.25) is 0 Å². The molecule has 126 valence electrons. The maximum Gasteiger partial charge on any atom is 0.203 e. The highest BCUT2D eigenvalue weighted by molar-refractivity contribution is 5.76. The maximum atomic E-state index is 13.4. The van der Waals surface area contributed by atoms with Gasteiger partial charge < -0.3 is 18.8 Å². The van der Waals surface area contributed by atoms with Crippen LogP contribution < -0.4 is 14.2 Å².